The number of amides is 3. The summed E-state index contributed by atoms with van der Waals surface area (Å²) in [5.74, 6) is -0.923. The number of imide groups is 1. The van der Waals surface area contributed by atoms with E-state index in [4.69, 9.17) is 5.73 Å². The quantitative estimate of drug-likeness (QED) is 0.734. The second kappa shape index (κ2) is 6.52. The maximum Gasteiger partial charge on any atom is 0.255 e. The summed E-state index contributed by atoms with van der Waals surface area (Å²) in [6.45, 7) is 4.19. The van der Waals surface area contributed by atoms with Crippen LogP contribution in [0.15, 0.2) is 24.4 Å². The van der Waals surface area contributed by atoms with E-state index < -0.39 is 17.5 Å². The third-order valence-electron chi connectivity index (χ3n) is 4.95. The first-order valence-corrected chi connectivity index (χ1v) is 9.19. The fraction of sp³-hybridized carbons (Fsp3) is 0.421. The minimum absolute atomic E-state index is 0.213. The minimum Gasteiger partial charge on any atom is -0.325 e. The zero-order valence-corrected chi connectivity index (χ0v) is 15.8. The van der Waals surface area contributed by atoms with Crippen LogP contribution in [0.4, 0.5) is 0 Å². The molecule has 0 saturated carbocycles. The molecule has 1 saturated heterocycles. The number of carbonyl (C=O) groups excluding carboxylic acids is 3. The molecular weight excluding hydrogens is 360 g/mol. The largest absolute Gasteiger partial charge is 0.325 e. The Labute approximate surface area is 161 Å². The molecule has 0 radical (unpaired) electrons. The summed E-state index contributed by atoms with van der Waals surface area (Å²) in [5.41, 5.74) is 8.51. The third kappa shape index (κ3) is 3.40. The highest BCUT2D eigenvalue weighted by molar-refractivity contribution is 6.05. The molecular formula is C19H22N6O3. The van der Waals surface area contributed by atoms with Gasteiger partial charge in [0.25, 0.3) is 5.91 Å². The van der Waals surface area contributed by atoms with Gasteiger partial charge in [0, 0.05) is 30.5 Å². The molecule has 0 bridgehead atoms. The van der Waals surface area contributed by atoms with E-state index in [-0.39, 0.29) is 18.2 Å². The molecule has 0 spiro atoms. The van der Waals surface area contributed by atoms with Gasteiger partial charge in [-0.1, -0.05) is 11.3 Å². The molecule has 3 amide bonds. The molecule has 2 aromatic rings. The number of nitrogens with zero attached hydrogens (tertiary/aromatic N) is 4. The summed E-state index contributed by atoms with van der Waals surface area (Å²) < 4.78 is 1.61. The molecule has 1 aromatic carbocycles. The van der Waals surface area contributed by atoms with Crippen LogP contribution in [0.5, 0.6) is 0 Å². The van der Waals surface area contributed by atoms with Crippen molar-refractivity contribution in [3.8, 4) is 5.69 Å². The van der Waals surface area contributed by atoms with Crippen molar-refractivity contribution in [3.63, 3.8) is 0 Å². The van der Waals surface area contributed by atoms with Crippen molar-refractivity contribution < 1.29 is 14.4 Å². The predicted molar refractivity (Wildman–Crippen MR) is 99.4 cm³/mol. The molecule has 1 aromatic heterocycles. The molecule has 4 rings (SSSR count). The number of hydrogen-bond donors (Lipinski definition) is 2. The molecule has 1 fully saturated rings. The van der Waals surface area contributed by atoms with Gasteiger partial charge in [-0.3, -0.25) is 19.7 Å². The van der Waals surface area contributed by atoms with Crippen molar-refractivity contribution in [2.24, 2.45) is 5.73 Å². The molecule has 1 atom stereocenters. The number of rotatable bonds is 4. The van der Waals surface area contributed by atoms with E-state index in [2.05, 4.69) is 15.6 Å². The molecule has 0 aliphatic carbocycles. The standard InChI is InChI=1S/C19H22N6O3/c1-19(2,20)8-12-10-25(23-22-12)13-4-3-11-9-24(18(28)14(11)7-13)15-5-6-16(26)21-17(15)27/h3-4,7,10,15H,5-6,8-9,20H2,1-2H3,(H,21,26,27). The summed E-state index contributed by atoms with van der Waals surface area (Å²) in [6.07, 6.45) is 2.97. The number of hydrogen-bond acceptors (Lipinski definition) is 6. The highest BCUT2D eigenvalue weighted by Crippen LogP contribution is 2.29. The lowest BCUT2D eigenvalue weighted by molar-refractivity contribution is -0.136. The van der Waals surface area contributed by atoms with Crippen LogP contribution < -0.4 is 11.1 Å². The van der Waals surface area contributed by atoms with Crippen LogP contribution in [0.25, 0.3) is 5.69 Å². The number of benzene rings is 1. The molecule has 9 heteroatoms. The van der Waals surface area contributed by atoms with Gasteiger partial charge in [-0.15, -0.1) is 5.10 Å². The van der Waals surface area contributed by atoms with E-state index in [1.165, 1.54) is 4.90 Å². The maximum atomic E-state index is 12.9. The number of nitrogens with one attached hydrogen (secondary N) is 1. The topological polar surface area (TPSA) is 123 Å². The number of fused-ring (bicyclic) bond motifs is 1. The molecule has 146 valence electrons. The number of aromatic nitrogens is 3. The Morgan fingerprint density at radius 2 is 2.07 bits per heavy atom. The first kappa shape index (κ1) is 18.3. The van der Waals surface area contributed by atoms with Crippen LogP contribution in [0.2, 0.25) is 0 Å². The predicted octanol–water partition coefficient (Wildman–Crippen LogP) is 0.308. The van der Waals surface area contributed by atoms with Crippen LogP contribution in [-0.4, -0.2) is 49.2 Å². The van der Waals surface area contributed by atoms with Gasteiger partial charge in [-0.25, -0.2) is 4.68 Å². The van der Waals surface area contributed by atoms with Crippen LogP contribution in [-0.2, 0) is 22.6 Å². The highest BCUT2D eigenvalue weighted by Gasteiger charge is 2.39. The second-order valence-electron chi connectivity index (χ2n) is 8.06. The highest BCUT2D eigenvalue weighted by atomic mass is 16.2. The van der Waals surface area contributed by atoms with Crippen LogP contribution in [0.3, 0.4) is 0 Å². The lowest BCUT2D eigenvalue weighted by atomic mass is 10.0. The zero-order valence-electron chi connectivity index (χ0n) is 15.8. The molecule has 9 nitrogen and oxygen atoms in total. The zero-order chi connectivity index (χ0) is 20.1. The third-order valence-corrected chi connectivity index (χ3v) is 4.95. The van der Waals surface area contributed by atoms with Crippen molar-refractivity contribution >= 4 is 17.7 Å². The van der Waals surface area contributed by atoms with Gasteiger partial charge in [0.2, 0.25) is 11.8 Å². The Bertz CT molecular complexity index is 974. The van der Waals surface area contributed by atoms with Crippen LogP contribution in [0.1, 0.15) is 48.3 Å². The van der Waals surface area contributed by atoms with Gasteiger partial charge < -0.3 is 10.6 Å². The average molecular weight is 382 g/mol. The normalized spacial score (nSPS) is 19.8. The fourth-order valence-electron chi connectivity index (χ4n) is 3.66. The Morgan fingerprint density at radius 3 is 2.79 bits per heavy atom. The van der Waals surface area contributed by atoms with E-state index in [0.717, 1.165) is 11.3 Å². The second-order valence-corrected chi connectivity index (χ2v) is 8.06. The summed E-state index contributed by atoms with van der Waals surface area (Å²) >= 11 is 0. The first-order valence-electron chi connectivity index (χ1n) is 9.19. The van der Waals surface area contributed by atoms with Gasteiger partial charge in [0.15, 0.2) is 0 Å². The first-order chi connectivity index (χ1) is 13.2. The van der Waals surface area contributed by atoms with Gasteiger partial charge in [0.1, 0.15) is 6.04 Å². The Kier molecular flexibility index (Phi) is 4.26. The van der Waals surface area contributed by atoms with Crippen molar-refractivity contribution in [1.29, 1.82) is 0 Å². The van der Waals surface area contributed by atoms with Crippen molar-refractivity contribution in [2.45, 2.75) is 51.2 Å². The van der Waals surface area contributed by atoms with E-state index in [1.807, 2.05) is 26.0 Å². The summed E-state index contributed by atoms with van der Waals surface area (Å²) in [4.78, 5) is 37.9. The lowest BCUT2D eigenvalue weighted by Crippen LogP contribution is -2.52. The molecule has 3 heterocycles. The smallest absolute Gasteiger partial charge is 0.255 e. The van der Waals surface area contributed by atoms with Gasteiger partial charge in [0.05, 0.1) is 17.6 Å². The van der Waals surface area contributed by atoms with Crippen LogP contribution >= 0.6 is 0 Å². The monoisotopic (exact) mass is 382 g/mol. The fourth-order valence-corrected chi connectivity index (χ4v) is 3.66. The van der Waals surface area contributed by atoms with Crippen molar-refractivity contribution in [1.82, 2.24) is 25.2 Å². The Balaban J connectivity index is 1.56. The van der Waals surface area contributed by atoms with E-state index in [1.54, 1.807) is 16.9 Å². The number of piperidine rings is 1. The maximum absolute atomic E-state index is 12.9. The van der Waals surface area contributed by atoms with Crippen molar-refractivity contribution in [3.05, 3.63) is 41.2 Å². The molecule has 28 heavy (non-hydrogen) atoms. The lowest BCUT2D eigenvalue weighted by Gasteiger charge is -2.29. The van der Waals surface area contributed by atoms with Crippen molar-refractivity contribution in [2.75, 3.05) is 0 Å². The minimum atomic E-state index is -0.620. The molecule has 2 aliphatic heterocycles. The van der Waals surface area contributed by atoms with Gasteiger partial charge in [-0.2, -0.15) is 0 Å². The summed E-state index contributed by atoms with van der Waals surface area (Å²) in [6, 6.07) is 4.87. The van der Waals surface area contributed by atoms with E-state index in [0.29, 0.717) is 30.6 Å². The van der Waals surface area contributed by atoms with E-state index in [9.17, 15) is 14.4 Å². The molecule has 1 unspecified atom stereocenters. The molecule has 2 aliphatic rings. The Morgan fingerprint density at radius 1 is 1.29 bits per heavy atom. The van der Waals surface area contributed by atoms with Crippen LogP contribution in [0, 0.1) is 0 Å². The summed E-state index contributed by atoms with van der Waals surface area (Å²) in [5, 5.41) is 10.6. The number of carbonyl (C=O) groups is 3. The number of nitrogens with two attached hydrogens (primary N) is 1. The average Bonchev–Trinajstić information content (AvgIpc) is 3.18. The van der Waals surface area contributed by atoms with E-state index >= 15 is 0 Å². The van der Waals surface area contributed by atoms with Gasteiger partial charge in [-0.05, 0) is 38.0 Å². The van der Waals surface area contributed by atoms with Gasteiger partial charge >= 0.3 is 0 Å². The summed E-state index contributed by atoms with van der Waals surface area (Å²) in [7, 11) is 0. The SMILES string of the molecule is CC(C)(N)Cc1cn(-c2ccc3c(c2)C(=O)N(C2CCC(=O)NC2=O)C3)nn1. The molecule has 3 N–H and O–H groups in total. The Hall–Kier alpha value is -3.07.